The van der Waals surface area contributed by atoms with E-state index in [1.165, 1.54) is 11.1 Å². The first-order valence-electron chi connectivity index (χ1n) is 9.02. The van der Waals surface area contributed by atoms with Crippen LogP contribution < -0.4 is 4.74 Å². The molecule has 140 valence electrons. The van der Waals surface area contributed by atoms with Gasteiger partial charge in [0.25, 0.3) is 0 Å². The summed E-state index contributed by atoms with van der Waals surface area (Å²) in [4.78, 5) is 0. The van der Waals surface area contributed by atoms with E-state index in [9.17, 15) is 0 Å². The molecule has 0 saturated heterocycles. The van der Waals surface area contributed by atoms with Gasteiger partial charge >= 0.3 is 0 Å². The highest BCUT2D eigenvalue weighted by molar-refractivity contribution is 7.98. The average Bonchev–Trinajstić information content (AvgIpc) is 3.09. The monoisotopic (exact) mass is 379 g/mol. The van der Waals surface area contributed by atoms with Crippen molar-refractivity contribution in [3.05, 3.63) is 72.3 Å². The van der Waals surface area contributed by atoms with Crippen LogP contribution in [0.25, 0.3) is 11.4 Å². The summed E-state index contributed by atoms with van der Waals surface area (Å²) in [6.07, 6.45) is 1.88. The van der Waals surface area contributed by atoms with Crippen LogP contribution in [0.15, 0.2) is 66.3 Å². The third kappa shape index (κ3) is 4.61. The zero-order valence-electron chi connectivity index (χ0n) is 16.1. The zero-order valence-corrected chi connectivity index (χ0v) is 16.9. The van der Waals surface area contributed by atoms with E-state index in [4.69, 9.17) is 4.74 Å². The number of allylic oxidation sites excluding steroid dienone is 1. The molecular weight excluding hydrogens is 354 g/mol. The fourth-order valence-electron chi connectivity index (χ4n) is 2.83. The van der Waals surface area contributed by atoms with Crippen LogP contribution in [0.4, 0.5) is 0 Å². The lowest BCUT2D eigenvalue weighted by Crippen LogP contribution is -2.01. The van der Waals surface area contributed by atoms with Crippen LogP contribution in [0.1, 0.15) is 30.9 Å². The second kappa shape index (κ2) is 8.91. The minimum Gasteiger partial charge on any atom is -0.497 e. The Morgan fingerprint density at radius 2 is 1.93 bits per heavy atom. The number of nitrogens with zero attached hydrogens (tertiary/aromatic N) is 3. The highest BCUT2D eigenvalue weighted by atomic mass is 32.2. The summed E-state index contributed by atoms with van der Waals surface area (Å²) in [5, 5.41) is 9.76. The van der Waals surface area contributed by atoms with Gasteiger partial charge in [0.15, 0.2) is 11.0 Å². The number of rotatable bonds is 8. The lowest BCUT2D eigenvalue weighted by atomic mass is 10.0. The molecule has 0 aliphatic rings. The van der Waals surface area contributed by atoms with Crippen LogP contribution in [-0.4, -0.2) is 21.9 Å². The Morgan fingerprint density at radius 1 is 1.15 bits per heavy atom. The molecule has 0 atom stereocenters. The summed E-state index contributed by atoms with van der Waals surface area (Å²) in [6, 6.07) is 16.7. The molecule has 1 aromatic heterocycles. The number of thioether (sulfide) groups is 1. The van der Waals surface area contributed by atoms with Crippen LogP contribution in [-0.2, 0) is 12.3 Å². The van der Waals surface area contributed by atoms with Crippen LogP contribution in [0, 0.1) is 0 Å². The summed E-state index contributed by atoms with van der Waals surface area (Å²) in [5.41, 5.74) is 3.58. The van der Waals surface area contributed by atoms with Crippen molar-refractivity contribution in [1.29, 1.82) is 0 Å². The lowest BCUT2D eigenvalue weighted by molar-refractivity contribution is 0.414. The van der Waals surface area contributed by atoms with E-state index in [-0.39, 0.29) is 0 Å². The van der Waals surface area contributed by atoms with E-state index in [2.05, 4.69) is 65.5 Å². The quantitative estimate of drug-likeness (QED) is 0.380. The number of hydrogen-bond donors (Lipinski definition) is 0. The molecule has 1 heterocycles. The maximum atomic E-state index is 5.30. The molecule has 27 heavy (non-hydrogen) atoms. The molecule has 3 aromatic rings. The smallest absolute Gasteiger partial charge is 0.192 e. The number of methoxy groups -OCH3 is 1. The van der Waals surface area contributed by atoms with Gasteiger partial charge in [-0.1, -0.05) is 68.1 Å². The van der Waals surface area contributed by atoms with Crippen LogP contribution in [0.3, 0.4) is 0 Å². The Kier molecular flexibility index (Phi) is 6.35. The molecule has 0 spiro atoms. The van der Waals surface area contributed by atoms with Crippen molar-refractivity contribution in [3.63, 3.8) is 0 Å². The first-order chi connectivity index (χ1) is 13.1. The average molecular weight is 380 g/mol. The van der Waals surface area contributed by atoms with Gasteiger partial charge in [0.05, 0.1) is 7.11 Å². The molecule has 0 saturated carbocycles. The molecule has 0 bridgehead atoms. The fourth-order valence-corrected chi connectivity index (χ4v) is 3.72. The summed E-state index contributed by atoms with van der Waals surface area (Å²) in [5.74, 6) is 3.06. The minimum absolute atomic E-state index is 0.513. The highest BCUT2D eigenvalue weighted by Gasteiger charge is 2.14. The Bertz CT molecular complexity index is 900. The zero-order chi connectivity index (χ0) is 19.2. The number of aromatic nitrogens is 3. The van der Waals surface area contributed by atoms with Crippen molar-refractivity contribution < 1.29 is 4.74 Å². The topological polar surface area (TPSA) is 39.9 Å². The van der Waals surface area contributed by atoms with Gasteiger partial charge in [-0.05, 0) is 29.2 Å². The van der Waals surface area contributed by atoms with Crippen molar-refractivity contribution >= 4 is 11.8 Å². The second-order valence-corrected chi connectivity index (χ2v) is 7.56. The Hall–Kier alpha value is -2.53. The molecule has 3 rings (SSSR count). The normalized spacial score (nSPS) is 11.0. The summed E-state index contributed by atoms with van der Waals surface area (Å²) < 4.78 is 7.42. The maximum Gasteiger partial charge on any atom is 0.192 e. The molecule has 0 amide bonds. The van der Waals surface area contributed by atoms with Crippen molar-refractivity contribution in [2.24, 2.45) is 0 Å². The molecule has 0 aliphatic carbocycles. The third-order valence-electron chi connectivity index (χ3n) is 4.37. The van der Waals surface area contributed by atoms with Crippen molar-refractivity contribution in [1.82, 2.24) is 14.8 Å². The van der Waals surface area contributed by atoms with Crippen molar-refractivity contribution in [2.45, 2.75) is 37.2 Å². The van der Waals surface area contributed by atoms with E-state index in [1.54, 1.807) is 18.9 Å². The van der Waals surface area contributed by atoms with E-state index in [1.807, 2.05) is 24.3 Å². The third-order valence-corrected chi connectivity index (χ3v) is 5.40. The molecule has 0 aliphatic heterocycles. The molecule has 5 heteroatoms. The van der Waals surface area contributed by atoms with Gasteiger partial charge in [0.1, 0.15) is 5.75 Å². The van der Waals surface area contributed by atoms with E-state index in [0.29, 0.717) is 12.5 Å². The van der Waals surface area contributed by atoms with Crippen LogP contribution in [0.5, 0.6) is 5.75 Å². The lowest BCUT2D eigenvalue weighted by Gasteiger charge is -2.10. The number of benzene rings is 2. The Balaban J connectivity index is 1.83. The first kappa shape index (κ1) is 19.2. The van der Waals surface area contributed by atoms with Crippen LogP contribution >= 0.6 is 11.8 Å². The van der Waals surface area contributed by atoms with Crippen LogP contribution in [0.2, 0.25) is 0 Å². The maximum absolute atomic E-state index is 5.30. The number of ether oxygens (including phenoxy) is 1. The van der Waals surface area contributed by atoms with Gasteiger partial charge in [-0.25, -0.2) is 0 Å². The minimum atomic E-state index is 0.513. The Labute approximate surface area is 165 Å². The fraction of sp³-hybridized carbons (Fsp3) is 0.273. The number of hydrogen-bond acceptors (Lipinski definition) is 4. The Morgan fingerprint density at radius 3 is 2.59 bits per heavy atom. The van der Waals surface area contributed by atoms with E-state index >= 15 is 0 Å². The van der Waals surface area contributed by atoms with Gasteiger partial charge in [0.2, 0.25) is 0 Å². The standard InChI is InChI=1S/C22H25N3OS/c1-5-13-25-21(19-11-9-18(10-12-19)16(2)3)23-24-22(25)27-15-17-7-6-8-20(14-17)26-4/h5-12,14,16H,1,13,15H2,2-4H3. The van der Waals surface area contributed by atoms with Crippen molar-refractivity contribution in [2.75, 3.05) is 7.11 Å². The summed E-state index contributed by atoms with van der Waals surface area (Å²) in [6.45, 7) is 8.96. The van der Waals surface area contributed by atoms with Gasteiger partial charge < -0.3 is 4.74 Å². The molecule has 0 unspecified atom stereocenters. The highest BCUT2D eigenvalue weighted by Crippen LogP contribution is 2.28. The van der Waals surface area contributed by atoms with Gasteiger partial charge in [-0.15, -0.1) is 16.8 Å². The molecule has 0 N–H and O–H groups in total. The van der Waals surface area contributed by atoms with Gasteiger partial charge in [-0.2, -0.15) is 0 Å². The summed E-state index contributed by atoms with van der Waals surface area (Å²) >= 11 is 1.67. The second-order valence-electron chi connectivity index (χ2n) is 6.62. The molecule has 2 aromatic carbocycles. The van der Waals surface area contributed by atoms with E-state index < -0.39 is 0 Å². The largest absolute Gasteiger partial charge is 0.497 e. The SMILES string of the molecule is C=CCn1c(SCc2cccc(OC)c2)nnc1-c1ccc(C(C)C)cc1. The predicted molar refractivity (Wildman–Crippen MR) is 112 cm³/mol. The van der Waals surface area contributed by atoms with Crippen molar-refractivity contribution in [3.8, 4) is 17.1 Å². The molecule has 4 nitrogen and oxygen atoms in total. The predicted octanol–water partition coefficient (Wildman–Crippen LogP) is 5.56. The molecular formula is C22H25N3OS. The van der Waals surface area contributed by atoms with E-state index in [0.717, 1.165) is 28.0 Å². The summed E-state index contributed by atoms with van der Waals surface area (Å²) in [7, 11) is 1.68. The first-order valence-corrected chi connectivity index (χ1v) is 10.0. The molecule has 0 radical (unpaired) electrons. The van der Waals surface area contributed by atoms with Gasteiger partial charge in [0, 0.05) is 17.9 Å². The molecule has 0 fully saturated rings. The van der Waals surface area contributed by atoms with Gasteiger partial charge in [-0.3, -0.25) is 4.57 Å².